The second-order valence-electron chi connectivity index (χ2n) is 6.05. The summed E-state index contributed by atoms with van der Waals surface area (Å²) in [6, 6.07) is 17.1. The average molecular weight is 360 g/mol. The number of aromatic nitrogens is 4. The molecule has 4 rings (SSSR count). The Balaban J connectivity index is 1.38. The third-order valence-corrected chi connectivity index (χ3v) is 4.14. The number of H-pyrrole nitrogens is 1. The van der Waals surface area contributed by atoms with Gasteiger partial charge in [-0.15, -0.1) is 5.10 Å². The highest BCUT2D eigenvalue weighted by Gasteiger charge is 2.21. The number of benzene rings is 2. The molecule has 0 saturated heterocycles. The van der Waals surface area contributed by atoms with Gasteiger partial charge in [-0.3, -0.25) is 4.79 Å². The van der Waals surface area contributed by atoms with E-state index in [1.54, 1.807) is 16.9 Å². The highest BCUT2D eigenvalue weighted by atomic mass is 16.5. The molecule has 0 radical (unpaired) electrons. The predicted molar refractivity (Wildman–Crippen MR) is 98.0 cm³/mol. The van der Waals surface area contributed by atoms with Crippen molar-refractivity contribution in [3.63, 3.8) is 0 Å². The molecule has 7 heteroatoms. The van der Waals surface area contributed by atoms with E-state index in [4.69, 9.17) is 4.74 Å². The van der Waals surface area contributed by atoms with E-state index in [2.05, 4.69) is 15.3 Å². The zero-order chi connectivity index (χ0) is 18.6. The number of Topliss-reactive ketones (excluding diaryl/α,β-unsaturated/α-hetero) is 1. The van der Waals surface area contributed by atoms with Crippen LogP contribution in [0, 0.1) is 0 Å². The van der Waals surface area contributed by atoms with Crippen molar-refractivity contribution in [2.45, 2.75) is 13.2 Å². The Morgan fingerprint density at radius 1 is 1.04 bits per heavy atom. The van der Waals surface area contributed by atoms with Crippen LogP contribution in [0.3, 0.4) is 0 Å². The molecular formula is C20H16N4O3. The highest BCUT2D eigenvalue weighted by Crippen LogP contribution is 2.18. The van der Waals surface area contributed by atoms with Gasteiger partial charge in [-0.2, -0.15) is 0 Å². The maximum absolute atomic E-state index is 12.4. The summed E-state index contributed by atoms with van der Waals surface area (Å²) in [5, 5.41) is 8.67. The number of nitrogens with zero attached hydrogens (tertiary/aromatic N) is 3. The maximum atomic E-state index is 12.4. The summed E-state index contributed by atoms with van der Waals surface area (Å²) in [5.41, 5.74) is 2.65. The van der Waals surface area contributed by atoms with Gasteiger partial charge in [0.25, 0.3) is 5.78 Å². The molecule has 0 bridgehead atoms. The van der Waals surface area contributed by atoms with Crippen LogP contribution in [0.1, 0.15) is 21.6 Å². The van der Waals surface area contributed by atoms with Crippen molar-refractivity contribution >= 4 is 22.7 Å². The first-order valence-electron chi connectivity index (χ1n) is 8.41. The van der Waals surface area contributed by atoms with Crippen LogP contribution in [0.25, 0.3) is 10.9 Å². The summed E-state index contributed by atoms with van der Waals surface area (Å²) in [7, 11) is 0. The number of hydrogen-bond donors (Lipinski definition) is 1. The number of ketones is 1. The molecule has 4 aromatic rings. The molecule has 0 atom stereocenters. The molecule has 0 aliphatic carbocycles. The summed E-state index contributed by atoms with van der Waals surface area (Å²) in [5.74, 6) is -1.61. The van der Waals surface area contributed by atoms with E-state index in [0.717, 1.165) is 11.1 Å². The van der Waals surface area contributed by atoms with Crippen molar-refractivity contribution < 1.29 is 14.3 Å². The lowest BCUT2D eigenvalue weighted by Crippen LogP contribution is -2.17. The van der Waals surface area contributed by atoms with Crippen LogP contribution in [0.2, 0.25) is 0 Å². The van der Waals surface area contributed by atoms with Crippen molar-refractivity contribution in [1.82, 2.24) is 20.0 Å². The number of para-hydroxylation sites is 1. The van der Waals surface area contributed by atoms with Gasteiger partial charge in [0, 0.05) is 17.1 Å². The molecule has 27 heavy (non-hydrogen) atoms. The molecule has 0 spiro atoms. The molecule has 134 valence electrons. The highest BCUT2D eigenvalue weighted by molar-refractivity contribution is 6.42. The van der Waals surface area contributed by atoms with Crippen LogP contribution in [0.5, 0.6) is 0 Å². The van der Waals surface area contributed by atoms with E-state index in [9.17, 15) is 9.59 Å². The maximum Gasteiger partial charge on any atom is 0.380 e. The summed E-state index contributed by atoms with van der Waals surface area (Å²) < 4.78 is 6.76. The number of ether oxygens (including phenoxy) is 1. The Labute approximate surface area is 154 Å². The number of nitrogens with one attached hydrogen (secondary N) is 1. The lowest BCUT2D eigenvalue weighted by molar-refractivity contribution is -0.139. The van der Waals surface area contributed by atoms with Crippen molar-refractivity contribution in [1.29, 1.82) is 0 Å². The quantitative estimate of drug-likeness (QED) is 0.324. The summed E-state index contributed by atoms with van der Waals surface area (Å²) >= 11 is 0. The minimum atomic E-state index is -0.919. The van der Waals surface area contributed by atoms with Crippen LogP contribution >= 0.6 is 0 Å². The molecule has 0 fully saturated rings. The van der Waals surface area contributed by atoms with Crippen LogP contribution in [-0.2, 0) is 22.7 Å². The van der Waals surface area contributed by atoms with E-state index >= 15 is 0 Å². The second kappa shape index (κ2) is 7.25. The smallest absolute Gasteiger partial charge is 0.380 e. The zero-order valence-electron chi connectivity index (χ0n) is 14.3. The number of hydrogen-bond acceptors (Lipinski definition) is 5. The predicted octanol–water partition coefficient (Wildman–Crippen LogP) is 2.73. The standard InChI is InChI=1S/C20H16N4O3/c25-19(17-10-21-18-9-5-4-8-16(17)18)20(26)27-13-15-12-24(23-22-15)11-14-6-2-1-3-7-14/h1-10,12,21H,11,13H2. The molecule has 1 N–H and O–H groups in total. The number of esters is 1. The Hall–Kier alpha value is -3.74. The van der Waals surface area contributed by atoms with Crippen molar-refractivity contribution in [2.75, 3.05) is 0 Å². The minimum absolute atomic E-state index is 0.109. The molecule has 2 aromatic carbocycles. The molecule has 0 unspecified atom stereocenters. The first-order chi connectivity index (χ1) is 13.2. The van der Waals surface area contributed by atoms with Gasteiger partial charge in [-0.05, 0) is 11.6 Å². The minimum Gasteiger partial charge on any atom is -0.453 e. The Kier molecular flexibility index (Phi) is 4.49. The number of rotatable bonds is 6. The zero-order valence-corrected chi connectivity index (χ0v) is 14.3. The largest absolute Gasteiger partial charge is 0.453 e. The first kappa shape index (κ1) is 16.7. The molecular weight excluding hydrogens is 344 g/mol. The molecule has 0 aliphatic rings. The SMILES string of the molecule is O=C(OCc1cn(Cc2ccccc2)nn1)C(=O)c1c[nH]c2ccccc12. The summed E-state index contributed by atoms with van der Waals surface area (Å²) in [6.45, 7) is 0.456. The molecule has 7 nitrogen and oxygen atoms in total. The lowest BCUT2D eigenvalue weighted by Gasteiger charge is -2.01. The third-order valence-electron chi connectivity index (χ3n) is 4.14. The Morgan fingerprint density at radius 2 is 1.81 bits per heavy atom. The van der Waals surface area contributed by atoms with Crippen molar-refractivity contribution in [2.24, 2.45) is 0 Å². The second-order valence-corrected chi connectivity index (χ2v) is 6.05. The normalized spacial score (nSPS) is 10.8. The summed E-state index contributed by atoms with van der Waals surface area (Å²) in [6.07, 6.45) is 3.21. The molecule has 2 aromatic heterocycles. The topological polar surface area (TPSA) is 89.9 Å². The van der Waals surface area contributed by atoms with Gasteiger partial charge in [0.2, 0.25) is 0 Å². The molecule has 0 amide bonds. The van der Waals surface area contributed by atoms with E-state index in [0.29, 0.717) is 23.2 Å². The fourth-order valence-corrected chi connectivity index (χ4v) is 2.83. The van der Waals surface area contributed by atoms with Crippen molar-refractivity contribution in [3.8, 4) is 0 Å². The monoisotopic (exact) mass is 360 g/mol. The Bertz CT molecular complexity index is 1100. The number of carbonyl (C=O) groups excluding carboxylic acids is 2. The fourth-order valence-electron chi connectivity index (χ4n) is 2.83. The van der Waals surface area contributed by atoms with Crippen LogP contribution < -0.4 is 0 Å². The van der Waals surface area contributed by atoms with Crippen LogP contribution in [0.15, 0.2) is 67.0 Å². The number of aromatic amines is 1. The molecule has 0 aliphatic heterocycles. The van der Waals surface area contributed by atoms with Crippen LogP contribution in [-0.4, -0.2) is 31.7 Å². The third kappa shape index (κ3) is 3.62. The lowest BCUT2D eigenvalue weighted by atomic mass is 10.1. The van der Waals surface area contributed by atoms with E-state index < -0.39 is 11.8 Å². The molecule has 2 heterocycles. The van der Waals surface area contributed by atoms with E-state index in [1.807, 2.05) is 48.5 Å². The van der Waals surface area contributed by atoms with Gasteiger partial charge in [0.1, 0.15) is 12.3 Å². The van der Waals surface area contributed by atoms with Gasteiger partial charge < -0.3 is 9.72 Å². The van der Waals surface area contributed by atoms with Gasteiger partial charge in [-0.1, -0.05) is 53.7 Å². The van der Waals surface area contributed by atoms with Gasteiger partial charge in [-0.25, -0.2) is 9.48 Å². The Morgan fingerprint density at radius 3 is 2.67 bits per heavy atom. The van der Waals surface area contributed by atoms with E-state index in [1.165, 1.54) is 6.20 Å². The van der Waals surface area contributed by atoms with Gasteiger partial charge in [0.15, 0.2) is 0 Å². The van der Waals surface area contributed by atoms with Gasteiger partial charge in [0.05, 0.1) is 18.3 Å². The first-order valence-corrected chi connectivity index (χ1v) is 8.41. The fraction of sp³-hybridized carbons (Fsp3) is 0.100. The van der Waals surface area contributed by atoms with Crippen molar-refractivity contribution in [3.05, 3.63) is 83.8 Å². The number of fused-ring (bicyclic) bond motifs is 1. The summed E-state index contributed by atoms with van der Waals surface area (Å²) in [4.78, 5) is 27.4. The average Bonchev–Trinajstić information content (AvgIpc) is 3.33. The number of carbonyl (C=O) groups is 2. The van der Waals surface area contributed by atoms with Crippen LogP contribution in [0.4, 0.5) is 0 Å². The molecule has 0 saturated carbocycles. The van der Waals surface area contributed by atoms with E-state index in [-0.39, 0.29) is 6.61 Å². The van der Waals surface area contributed by atoms with Gasteiger partial charge >= 0.3 is 5.97 Å².